The molecule has 3 aromatic rings. The van der Waals surface area contributed by atoms with Gasteiger partial charge in [-0.15, -0.1) is 11.3 Å². The summed E-state index contributed by atoms with van der Waals surface area (Å²) in [5.41, 5.74) is 9.46. The van der Waals surface area contributed by atoms with E-state index in [1.807, 2.05) is 11.3 Å². The van der Waals surface area contributed by atoms with Crippen LogP contribution in [0.25, 0.3) is 10.6 Å². The first-order chi connectivity index (χ1) is 13.7. The number of aryl methyl sites for hydroxylation is 1. The minimum atomic E-state index is 0.979. The van der Waals surface area contributed by atoms with Gasteiger partial charge in [-0.2, -0.15) is 0 Å². The third-order valence-electron chi connectivity index (χ3n) is 6.41. The van der Waals surface area contributed by atoms with Crippen LogP contribution in [0.1, 0.15) is 53.5 Å². The van der Waals surface area contributed by atoms with Gasteiger partial charge in [0.1, 0.15) is 0 Å². The van der Waals surface area contributed by atoms with Crippen molar-refractivity contribution >= 4 is 16.3 Å². The van der Waals surface area contributed by atoms with Crippen LogP contribution in [-0.2, 0) is 32.2 Å². The third-order valence-corrected chi connectivity index (χ3v) is 7.86. The highest BCUT2D eigenvalue weighted by Crippen LogP contribution is 2.47. The summed E-state index contributed by atoms with van der Waals surface area (Å²) in [7, 11) is 4.42. The minimum Gasteiger partial charge on any atom is -0.369 e. The lowest BCUT2D eigenvalue weighted by Gasteiger charge is -2.18. The predicted molar refractivity (Wildman–Crippen MR) is 121 cm³/mol. The summed E-state index contributed by atoms with van der Waals surface area (Å²) in [5, 5.41) is 1.49. The highest BCUT2D eigenvalue weighted by molar-refractivity contribution is 7.19. The third kappa shape index (κ3) is 3.10. The first-order valence-corrected chi connectivity index (χ1v) is 11.6. The van der Waals surface area contributed by atoms with Gasteiger partial charge in [0.05, 0.1) is 15.6 Å². The van der Waals surface area contributed by atoms with E-state index in [1.165, 1.54) is 67.6 Å². The number of rotatable bonds is 4. The maximum absolute atomic E-state index is 2.57. The van der Waals surface area contributed by atoms with E-state index in [0.29, 0.717) is 0 Å². The average Bonchev–Trinajstić information content (AvgIpc) is 3.26. The van der Waals surface area contributed by atoms with Crippen LogP contribution in [0.2, 0.25) is 0 Å². The molecule has 0 N–H and O–H groups in total. The van der Waals surface area contributed by atoms with Crippen molar-refractivity contribution in [2.24, 2.45) is 0 Å². The second-order valence-corrected chi connectivity index (χ2v) is 9.60. The molecule has 0 bridgehead atoms. The molecule has 2 heterocycles. The Bertz CT molecular complexity index is 978. The van der Waals surface area contributed by atoms with E-state index in [0.717, 1.165) is 6.54 Å². The zero-order valence-corrected chi connectivity index (χ0v) is 17.9. The molecular weight excluding hydrogens is 360 g/mol. The number of nitrogens with zero attached hydrogens (tertiary/aromatic N) is 2. The molecule has 0 spiro atoms. The molecule has 2 aliphatic rings. The molecule has 0 fully saturated rings. The number of hydrogen-bond acceptors (Lipinski definition) is 2. The molecule has 0 saturated carbocycles. The van der Waals surface area contributed by atoms with Crippen molar-refractivity contribution in [1.29, 1.82) is 0 Å². The van der Waals surface area contributed by atoms with Gasteiger partial charge in [0.25, 0.3) is 0 Å². The van der Waals surface area contributed by atoms with Crippen LogP contribution in [0.3, 0.4) is 0 Å². The minimum absolute atomic E-state index is 0.979. The maximum atomic E-state index is 2.57. The maximum Gasteiger partial charge on any atom is 0.0945 e. The molecule has 28 heavy (non-hydrogen) atoms. The van der Waals surface area contributed by atoms with Crippen LogP contribution in [0.4, 0.5) is 5.00 Å². The summed E-state index contributed by atoms with van der Waals surface area (Å²) < 4.78 is 2.57. The molecule has 2 aromatic heterocycles. The molecule has 5 rings (SSSR count). The zero-order valence-electron chi connectivity index (χ0n) is 17.1. The molecule has 0 unspecified atom stereocenters. The highest BCUT2D eigenvalue weighted by atomic mass is 32.1. The number of aromatic nitrogens is 1. The molecule has 2 nitrogen and oxygen atoms in total. The van der Waals surface area contributed by atoms with E-state index in [9.17, 15) is 0 Å². The predicted octanol–water partition coefficient (Wildman–Crippen LogP) is 6.09. The van der Waals surface area contributed by atoms with Gasteiger partial charge in [-0.05, 0) is 79.2 Å². The SMILES string of the molecule is CN(C)c1sc(-c2c3c(cn2Cc2ccccc2)CCCC3)c2c1CCCC2. The highest BCUT2D eigenvalue weighted by Gasteiger charge is 2.28. The molecule has 0 aliphatic heterocycles. The quantitative estimate of drug-likeness (QED) is 0.523. The van der Waals surface area contributed by atoms with Crippen LogP contribution < -0.4 is 4.90 Å². The van der Waals surface area contributed by atoms with Crippen LogP contribution >= 0.6 is 11.3 Å². The first kappa shape index (κ1) is 18.1. The number of fused-ring (bicyclic) bond motifs is 2. The van der Waals surface area contributed by atoms with Crippen LogP contribution in [0.5, 0.6) is 0 Å². The molecule has 0 atom stereocenters. The largest absolute Gasteiger partial charge is 0.369 e. The van der Waals surface area contributed by atoms with E-state index in [4.69, 9.17) is 0 Å². The normalized spacial score (nSPS) is 15.9. The molecule has 0 amide bonds. The Morgan fingerprint density at radius 2 is 1.54 bits per heavy atom. The van der Waals surface area contributed by atoms with Crippen molar-refractivity contribution in [2.75, 3.05) is 19.0 Å². The average molecular weight is 391 g/mol. The van der Waals surface area contributed by atoms with Crippen LogP contribution in [-0.4, -0.2) is 18.7 Å². The number of anilines is 1. The smallest absolute Gasteiger partial charge is 0.0945 e. The topological polar surface area (TPSA) is 8.17 Å². The monoisotopic (exact) mass is 390 g/mol. The Hall–Kier alpha value is -2.00. The van der Waals surface area contributed by atoms with E-state index in [2.05, 4.69) is 60.1 Å². The molecule has 2 aliphatic carbocycles. The fourth-order valence-electron chi connectivity index (χ4n) is 5.10. The van der Waals surface area contributed by atoms with Gasteiger partial charge < -0.3 is 9.47 Å². The Morgan fingerprint density at radius 3 is 2.29 bits per heavy atom. The molecule has 0 saturated heterocycles. The van der Waals surface area contributed by atoms with Crippen molar-refractivity contribution in [3.63, 3.8) is 0 Å². The molecule has 146 valence electrons. The number of hydrogen-bond donors (Lipinski definition) is 0. The van der Waals surface area contributed by atoms with Gasteiger partial charge in [-0.25, -0.2) is 0 Å². The fraction of sp³-hybridized carbons (Fsp3) is 0.440. The lowest BCUT2D eigenvalue weighted by molar-refractivity contribution is 0.686. The summed E-state index contributed by atoms with van der Waals surface area (Å²) in [5.74, 6) is 0. The Morgan fingerprint density at radius 1 is 0.857 bits per heavy atom. The van der Waals surface area contributed by atoms with E-state index >= 15 is 0 Å². The Labute approximate surface area is 172 Å². The molecule has 3 heteroatoms. The van der Waals surface area contributed by atoms with Crippen LogP contribution in [0.15, 0.2) is 36.5 Å². The van der Waals surface area contributed by atoms with E-state index in [1.54, 1.807) is 27.1 Å². The van der Waals surface area contributed by atoms with Gasteiger partial charge in [0, 0.05) is 26.8 Å². The summed E-state index contributed by atoms with van der Waals surface area (Å²) in [6.07, 6.45) is 12.8. The lowest BCUT2D eigenvalue weighted by atomic mass is 9.89. The van der Waals surface area contributed by atoms with Crippen LogP contribution in [0, 0.1) is 0 Å². The lowest BCUT2D eigenvalue weighted by Crippen LogP contribution is -2.11. The van der Waals surface area contributed by atoms with Crippen molar-refractivity contribution in [1.82, 2.24) is 4.57 Å². The summed E-state index contributed by atoms with van der Waals surface area (Å²) in [6, 6.07) is 11.0. The summed E-state index contributed by atoms with van der Waals surface area (Å²) >= 11 is 2.04. The fourth-order valence-corrected chi connectivity index (χ4v) is 6.51. The number of benzene rings is 1. The second-order valence-electron chi connectivity index (χ2n) is 8.60. The van der Waals surface area contributed by atoms with Crippen molar-refractivity contribution in [2.45, 2.75) is 57.9 Å². The Balaban J connectivity index is 1.68. The van der Waals surface area contributed by atoms with E-state index in [-0.39, 0.29) is 0 Å². The van der Waals surface area contributed by atoms with Gasteiger partial charge in [0.15, 0.2) is 0 Å². The Kier molecular flexibility index (Phi) is 4.80. The molecular formula is C25H30N2S. The zero-order chi connectivity index (χ0) is 19.1. The van der Waals surface area contributed by atoms with E-state index < -0.39 is 0 Å². The van der Waals surface area contributed by atoms with Gasteiger partial charge in [-0.1, -0.05) is 30.3 Å². The second kappa shape index (κ2) is 7.44. The van der Waals surface area contributed by atoms with Gasteiger partial charge in [0.2, 0.25) is 0 Å². The molecule has 1 aromatic carbocycles. The first-order valence-electron chi connectivity index (χ1n) is 10.8. The standard InChI is InChI=1S/C25H30N2S/c1-26(2)25-22-15-9-8-14-21(22)24(28-25)23-20-13-7-6-12-19(20)17-27(23)16-18-10-4-3-5-11-18/h3-5,10-11,17H,6-9,12-16H2,1-2H3. The van der Waals surface area contributed by atoms with Crippen molar-refractivity contribution in [3.05, 3.63) is 64.3 Å². The van der Waals surface area contributed by atoms with Crippen molar-refractivity contribution in [3.8, 4) is 10.6 Å². The molecule has 0 radical (unpaired) electrons. The summed E-state index contributed by atoms with van der Waals surface area (Å²) in [6.45, 7) is 0.979. The van der Waals surface area contributed by atoms with Gasteiger partial charge in [-0.3, -0.25) is 0 Å². The number of thiophene rings is 1. The van der Waals surface area contributed by atoms with Crippen molar-refractivity contribution < 1.29 is 0 Å². The summed E-state index contributed by atoms with van der Waals surface area (Å²) in [4.78, 5) is 3.91. The van der Waals surface area contributed by atoms with Gasteiger partial charge >= 0.3 is 0 Å².